The van der Waals surface area contributed by atoms with E-state index in [-0.39, 0.29) is 18.5 Å². The fourth-order valence-electron chi connectivity index (χ4n) is 6.76. The Labute approximate surface area is 285 Å². The Bertz CT molecular complexity index is 1960. The summed E-state index contributed by atoms with van der Waals surface area (Å²) in [5.74, 6) is -24.3. The Kier molecular flexibility index (Phi) is 8.53. The standard InChI is InChI=1S/C37H28F10N2S/c1-4-18-9-16(2)35(17(3)10-18)48(14-19-11-22(20-5-6-20)13-23(12-19)21-7-8-21)49-15-24-25(28(39)31(42)30(41)27(24)38)37(46,47)26-29(40)32(43)33(44)34(45)36(26)50-49/h4,9-13,20-21H,1,5-8,14-15H2,2-3H3. The van der Waals surface area contributed by atoms with Gasteiger partial charge in [0.25, 0.3) is 0 Å². The van der Waals surface area contributed by atoms with Crippen LogP contribution in [0.3, 0.4) is 0 Å². The fraction of sp³-hybridized carbons (Fsp3) is 0.297. The molecule has 0 bridgehead atoms. The Morgan fingerprint density at radius 1 is 0.720 bits per heavy atom. The first-order chi connectivity index (χ1) is 23.6. The van der Waals surface area contributed by atoms with Crippen LogP contribution in [0.25, 0.3) is 6.08 Å². The van der Waals surface area contributed by atoms with Gasteiger partial charge in [0.2, 0.25) is 0 Å². The van der Waals surface area contributed by atoms with E-state index in [9.17, 15) is 17.6 Å². The van der Waals surface area contributed by atoms with Gasteiger partial charge in [-0.05, 0) is 109 Å². The molecule has 1 heterocycles. The van der Waals surface area contributed by atoms with Crippen LogP contribution < -0.4 is 5.01 Å². The van der Waals surface area contributed by atoms with Crippen LogP contribution in [0.4, 0.5) is 49.6 Å². The zero-order valence-electron chi connectivity index (χ0n) is 26.7. The number of alkyl halides is 2. The summed E-state index contributed by atoms with van der Waals surface area (Å²) in [6.07, 6.45) is 5.47. The average molecular weight is 723 g/mol. The monoisotopic (exact) mass is 722 g/mol. The van der Waals surface area contributed by atoms with E-state index in [0.29, 0.717) is 39.8 Å². The smallest absolute Gasteiger partial charge is 0.291 e. The van der Waals surface area contributed by atoms with Gasteiger partial charge in [0.05, 0.1) is 34.8 Å². The maximum Gasteiger partial charge on any atom is 0.305 e. The minimum absolute atomic E-state index is 0.0273. The second-order valence-electron chi connectivity index (χ2n) is 13.1. The van der Waals surface area contributed by atoms with Crippen LogP contribution in [-0.4, -0.2) is 4.41 Å². The summed E-state index contributed by atoms with van der Waals surface area (Å²) in [5.41, 5.74) is -0.863. The molecule has 2 nitrogen and oxygen atoms in total. The van der Waals surface area contributed by atoms with Crippen LogP contribution in [0.2, 0.25) is 0 Å². The van der Waals surface area contributed by atoms with E-state index in [1.807, 2.05) is 12.1 Å². The van der Waals surface area contributed by atoms with Crippen molar-refractivity contribution in [2.24, 2.45) is 0 Å². The Balaban J connectivity index is 1.51. The molecule has 0 amide bonds. The number of hydrogen-bond acceptors (Lipinski definition) is 3. The Morgan fingerprint density at radius 2 is 1.22 bits per heavy atom. The van der Waals surface area contributed by atoms with Gasteiger partial charge in [0.1, 0.15) is 0 Å². The van der Waals surface area contributed by atoms with Gasteiger partial charge >= 0.3 is 5.92 Å². The van der Waals surface area contributed by atoms with E-state index >= 15 is 26.3 Å². The van der Waals surface area contributed by atoms with Gasteiger partial charge in [-0.3, -0.25) is 5.01 Å². The second kappa shape index (κ2) is 12.4. The summed E-state index contributed by atoms with van der Waals surface area (Å²) >= 11 is -0.0273. The molecule has 2 fully saturated rings. The van der Waals surface area contributed by atoms with Crippen molar-refractivity contribution in [1.82, 2.24) is 4.41 Å². The van der Waals surface area contributed by atoms with Gasteiger partial charge < -0.3 is 0 Å². The third-order valence-corrected chi connectivity index (χ3v) is 10.6. The molecule has 4 aromatic rings. The van der Waals surface area contributed by atoms with E-state index in [1.165, 1.54) is 5.01 Å². The number of nitrogens with zero attached hydrogens (tertiary/aromatic N) is 2. The number of rotatable bonds is 7. The van der Waals surface area contributed by atoms with Crippen LogP contribution in [0.1, 0.15) is 87.6 Å². The highest BCUT2D eigenvalue weighted by atomic mass is 32.2. The summed E-state index contributed by atoms with van der Waals surface area (Å²) in [7, 11) is 0. The first-order valence-electron chi connectivity index (χ1n) is 15.8. The highest BCUT2D eigenvalue weighted by Crippen LogP contribution is 2.52. The molecule has 0 unspecified atom stereocenters. The third kappa shape index (κ3) is 5.66. The van der Waals surface area contributed by atoms with E-state index < -0.39 is 80.6 Å². The number of hydrazine groups is 1. The molecule has 1 aliphatic heterocycles. The molecule has 0 atom stereocenters. The molecular formula is C37H28F10N2S. The lowest BCUT2D eigenvalue weighted by molar-refractivity contribution is 0.0261. The maximum absolute atomic E-state index is 16.2. The second-order valence-corrected chi connectivity index (χ2v) is 14.1. The van der Waals surface area contributed by atoms with Crippen LogP contribution in [0.15, 0.2) is 41.8 Å². The van der Waals surface area contributed by atoms with Gasteiger partial charge in [-0.15, -0.1) is 0 Å². The molecule has 4 aromatic carbocycles. The van der Waals surface area contributed by atoms with E-state index in [2.05, 4.69) is 12.6 Å². The topological polar surface area (TPSA) is 6.48 Å². The van der Waals surface area contributed by atoms with Crippen molar-refractivity contribution in [3.8, 4) is 0 Å². The minimum atomic E-state index is -5.19. The van der Waals surface area contributed by atoms with Gasteiger partial charge in [0, 0.05) is 5.56 Å². The molecule has 2 saturated carbocycles. The summed E-state index contributed by atoms with van der Waals surface area (Å²) in [6.45, 7) is 5.86. The third-order valence-electron chi connectivity index (χ3n) is 9.45. The van der Waals surface area contributed by atoms with Crippen molar-refractivity contribution in [2.75, 3.05) is 5.01 Å². The quantitative estimate of drug-likeness (QED) is 0.0812. The van der Waals surface area contributed by atoms with Crippen LogP contribution >= 0.6 is 11.9 Å². The van der Waals surface area contributed by atoms with Crippen molar-refractivity contribution >= 4 is 23.7 Å². The molecule has 0 aromatic heterocycles. The molecule has 13 heteroatoms. The molecular weight excluding hydrogens is 694 g/mol. The number of benzene rings is 4. The normalized spacial score (nSPS) is 17.2. The first-order valence-corrected chi connectivity index (χ1v) is 16.6. The molecule has 3 aliphatic rings. The molecule has 262 valence electrons. The lowest BCUT2D eigenvalue weighted by atomic mass is 9.93. The molecule has 0 radical (unpaired) electrons. The average Bonchev–Trinajstić information content (AvgIpc) is 3.99. The van der Waals surface area contributed by atoms with Crippen molar-refractivity contribution < 1.29 is 43.9 Å². The summed E-state index contributed by atoms with van der Waals surface area (Å²) in [4.78, 5) is -1.49. The molecule has 0 spiro atoms. The van der Waals surface area contributed by atoms with Gasteiger partial charge in [-0.25, -0.2) is 35.1 Å². The number of fused-ring (bicyclic) bond motifs is 2. The largest absolute Gasteiger partial charge is 0.305 e. The predicted molar refractivity (Wildman–Crippen MR) is 170 cm³/mol. The van der Waals surface area contributed by atoms with Gasteiger partial charge in [-0.2, -0.15) is 13.2 Å². The summed E-state index contributed by atoms with van der Waals surface area (Å²) < 4.78 is 154. The number of anilines is 1. The van der Waals surface area contributed by atoms with Crippen molar-refractivity contribution in [3.63, 3.8) is 0 Å². The molecule has 7 rings (SSSR count). The number of aryl methyl sites for hydroxylation is 2. The molecule has 0 saturated heterocycles. The lowest BCUT2D eigenvalue weighted by Gasteiger charge is -2.40. The summed E-state index contributed by atoms with van der Waals surface area (Å²) in [6, 6.07) is 9.44. The summed E-state index contributed by atoms with van der Waals surface area (Å²) in [5, 5.41) is 1.40. The fourth-order valence-corrected chi connectivity index (χ4v) is 7.88. The minimum Gasteiger partial charge on any atom is -0.291 e. The van der Waals surface area contributed by atoms with Crippen molar-refractivity contribution in [1.29, 1.82) is 0 Å². The first kappa shape index (κ1) is 34.5. The Morgan fingerprint density at radius 3 is 1.74 bits per heavy atom. The number of hydrogen-bond donors (Lipinski definition) is 0. The van der Waals surface area contributed by atoms with Gasteiger partial charge in [-0.1, -0.05) is 30.9 Å². The predicted octanol–water partition coefficient (Wildman–Crippen LogP) is 11.4. The number of halogens is 10. The lowest BCUT2D eigenvalue weighted by Crippen LogP contribution is -2.41. The highest BCUT2D eigenvalue weighted by Gasteiger charge is 2.51. The Hall–Kier alpha value is -3.97. The van der Waals surface area contributed by atoms with Crippen molar-refractivity contribution in [2.45, 2.75) is 75.3 Å². The molecule has 0 N–H and O–H groups in total. The highest BCUT2D eigenvalue weighted by molar-refractivity contribution is 7.97. The zero-order valence-corrected chi connectivity index (χ0v) is 27.5. The van der Waals surface area contributed by atoms with Crippen molar-refractivity contribution in [3.05, 3.63) is 134 Å². The molecule has 2 aliphatic carbocycles. The zero-order chi connectivity index (χ0) is 36.0. The van der Waals surface area contributed by atoms with Crippen LogP contribution in [0.5, 0.6) is 0 Å². The van der Waals surface area contributed by atoms with E-state index in [1.54, 1.807) is 32.1 Å². The maximum atomic E-state index is 16.2. The van der Waals surface area contributed by atoms with Gasteiger partial charge in [0.15, 0.2) is 46.5 Å². The molecule has 50 heavy (non-hydrogen) atoms. The van der Waals surface area contributed by atoms with E-state index in [0.717, 1.165) is 41.2 Å². The van der Waals surface area contributed by atoms with E-state index in [4.69, 9.17) is 0 Å². The SMILES string of the molecule is C=Cc1cc(C)c(N(Cc2cc(C3CC3)cc(C3CC3)c2)N2Cc3c(F)c(F)c(F)c(F)c3C(F)(F)c3c(F)c(F)c(F)c(F)c3S2)c(C)c1. The van der Waals surface area contributed by atoms with Crippen LogP contribution in [-0.2, 0) is 19.0 Å². The van der Waals surface area contributed by atoms with Crippen LogP contribution in [0, 0.1) is 60.4 Å².